The Bertz CT molecular complexity index is 134. The molecule has 0 bridgehead atoms. The van der Waals surface area contributed by atoms with Crippen LogP contribution in [0.4, 0.5) is 0 Å². The third-order valence-corrected chi connectivity index (χ3v) is 0.978. The molecule has 0 saturated carbocycles. The number of hydrogen-bond acceptors (Lipinski definition) is 2. The number of rotatable bonds is 3. The van der Waals surface area contributed by atoms with E-state index in [0.717, 1.165) is 12.8 Å². The third-order valence-electron chi connectivity index (χ3n) is 0.978. The molecular weight excluding hydrogens is 132 g/mol. The highest BCUT2D eigenvalue weighted by molar-refractivity contribution is 6.34. The molecule has 0 aromatic carbocycles. The fourth-order valence-electron chi connectivity index (χ4n) is 0.417. The summed E-state index contributed by atoms with van der Waals surface area (Å²) in [5.74, 6) is -1.80. The molecule has 0 heterocycles. The summed E-state index contributed by atoms with van der Waals surface area (Å²) < 4.78 is 0. The first-order valence-corrected chi connectivity index (χ1v) is 3.19. The Hall–Kier alpha value is -1.06. The number of carbonyl (C=O) groups excluding carboxylic acids is 2. The van der Waals surface area contributed by atoms with Gasteiger partial charge in [-0.15, -0.1) is 0 Å². The molecule has 4 heteroatoms. The van der Waals surface area contributed by atoms with Crippen molar-refractivity contribution in [1.29, 1.82) is 0 Å². The van der Waals surface area contributed by atoms with Gasteiger partial charge in [-0.2, -0.15) is 0 Å². The molecule has 0 spiro atoms. The first kappa shape index (κ1) is 8.94. The second-order valence-corrected chi connectivity index (χ2v) is 1.90. The summed E-state index contributed by atoms with van der Waals surface area (Å²) in [7, 11) is 0. The molecule has 2 amide bonds. The molecule has 0 aliphatic rings. The monoisotopic (exact) mass is 143 g/mol. The smallest absolute Gasteiger partial charge is 0.330 e. The summed E-state index contributed by atoms with van der Waals surface area (Å²) in [5, 5.41) is 3.40. The second-order valence-electron chi connectivity index (χ2n) is 1.90. The molecule has 0 fully saturated rings. The summed E-state index contributed by atoms with van der Waals surface area (Å²) in [6, 6.07) is 0. The minimum atomic E-state index is -0.976. The van der Waals surface area contributed by atoms with Crippen molar-refractivity contribution >= 4 is 11.8 Å². The second kappa shape index (κ2) is 4.78. The van der Waals surface area contributed by atoms with Gasteiger partial charge in [0.15, 0.2) is 0 Å². The van der Waals surface area contributed by atoms with Gasteiger partial charge in [0.05, 0.1) is 0 Å². The molecule has 0 aliphatic carbocycles. The molecule has 0 aliphatic heterocycles. The number of primary amides is 1. The minimum absolute atomic E-state index is 0.401. The van der Waals surface area contributed by atoms with Crippen LogP contribution in [0.5, 0.6) is 0 Å². The Morgan fingerprint density at radius 3 is 2.50 bits per heavy atom. The van der Waals surface area contributed by atoms with E-state index < -0.39 is 11.8 Å². The molecule has 10 heavy (non-hydrogen) atoms. The van der Waals surface area contributed by atoms with Gasteiger partial charge in [0.25, 0.3) is 0 Å². The van der Waals surface area contributed by atoms with Crippen LogP contribution >= 0.6 is 0 Å². The van der Waals surface area contributed by atoms with Gasteiger partial charge in [0.1, 0.15) is 0 Å². The summed E-state index contributed by atoms with van der Waals surface area (Å²) in [4.78, 5) is 20.4. The number of nitrogens with zero attached hydrogens (tertiary/aromatic N) is 1. The lowest BCUT2D eigenvalue weighted by atomic mass is 10.3. The van der Waals surface area contributed by atoms with Crippen LogP contribution in [0, 0.1) is 0 Å². The van der Waals surface area contributed by atoms with Crippen LogP contribution in [-0.2, 0) is 9.59 Å². The van der Waals surface area contributed by atoms with E-state index in [2.05, 4.69) is 11.1 Å². The molecule has 0 unspecified atom stereocenters. The largest absolute Gasteiger partial charge is 0.361 e. The van der Waals surface area contributed by atoms with Crippen molar-refractivity contribution in [1.82, 2.24) is 5.32 Å². The number of hydrogen-bond donors (Lipinski definition) is 1. The third kappa shape index (κ3) is 3.88. The van der Waals surface area contributed by atoms with Crippen molar-refractivity contribution in [3.63, 3.8) is 0 Å². The van der Waals surface area contributed by atoms with E-state index in [9.17, 15) is 9.59 Å². The highest BCUT2D eigenvalue weighted by atomic mass is 16.2. The van der Waals surface area contributed by atoms with Gasteiger partial charge in [0, 0.05) is 6.54 Å². The van der Waals surface area contributed by atoms with Crippen LogP contribution in [0.3, 0.4) is 0 Å². The average molecular weight is 143 g/mol. The lowest BCUT2D eigenvalue weighted by molar-refractivity contribution is -0.137. The van der Waals surface area contributed by atoms with Crippen molar-refractivity contribution in [3.05, 3.63) is 0 Å². The predicted octanol–water partition coefficient (Wildman–Crippen LogP) is -0.597. The van der Waals surface area contributed by atoms with E-state index in [1.165, 1.54) is 0 Å². The van der Waals surface area contributed by atoms with E-state index >= 15 is 0 Å². The van der Waals surface area contributed by atoms with E-state index in [-0.39, 0.29) is 0 Å². The van der Waals surface area contributed by atoms with Crippen molar-refractivity contribution in [2.24, 2.45) is 5.73 Å². The highest BCUT2D eigenvalue weighted by Gasteiger charge is 2.07. The number of carbonyl (C=O) groups is 2. The zero-order valence-electron chi connectivity index (χ0n) is 5.96. The maximum Gasteiger partial charge on any atom is 0.330 e. The molecule has 4 nitrogen and oxygen atoms in total. The van der Waals surface area contributed by atoms with Gasteiger partial charge in [-0.3, -0.25) is 9.59 Å². The lowest BCUT2D eigenvalue weighted by Crippen LogP contribution is -2.31. The van der Waals surface area contributed by atoms with E-state index in [0.29, 0.717) is 6.54 Å². The molecule has 0 rings (SSSR count). The molecule has 1 radical (unpaired) electrons. The molecule has 57 valence electrons. The summed E-state index contributed by atoms with van der Waals surface area (Å²) >= 11 is 0. The Morgan fingerprint density at radius 2 is 2.10 bits per heavy atom. The minimum Gasteiger partial charge on any atom is -0.361 e. The van der Waals surface area contributed by atoms with Gasteiger partial charge >= 0.3 is 11.8 Å². The summed E-state index contributed by atoms with van der Waals surface area (Å²) in [5.41, 5.74) is 4.64. The first-order valence-electron chi connectivity index (χ1n) is 3.19. The van der Waals surface area contributed by atoms with Gasteiger partial charge in [-0.25, -0.2) is 5.32 Å². The quantitative estimate of drug-likeness (QED) is 0.423. The lowest BCUT2D eigenvalue weighted by Gasteiger charge is -1.94. The van der Waals surface area contributed by atoms with Crippen LogP contribution in [0.2, 0.25) is 0 Å². The number of amides is 2. The van der Waals surface area contributed by atoms with Crippen LogP contribution in [0.15, 0.2) is 0 Å². The van der Waals surface area contributed by atoms with Crippen molar-refractivity contribution in [2.45, 2.75) is 19.8 Å². The molecule has 0 saturated heterocycles. The topological polar surface area (TPSA) is 74.3 Å². The summed E-state index contributed by atoms with van der Waals surface area (Å²) in [6.07, 6.45) is 1.77. The fourth-order valence-corrected chi connectivity index (χ4v) is 0.417. The van der Waals surface area contributed by atoms with Gasteiger partial charge in [0.2, 0.25) is 0 Å². The van der Waals surface area contributed by atoms with Gasteiger partial charge in [-0.1, -0.05) is 13.3 Å². The van der Waals surface area contributed by atoms with Gasteiger partial charge < -0.3 is 5.73 Å². The number of nitrogens with two attached hydrogens (primary N) is 1. The van der Waals surface area contributed by atoms with Crippen LogP contribution in [-0.4, -0.2) is 18.4 Å². The van der Waals surface area contributed by atoms with E-state index in [1.807, 2.05) is 6.92 Å². The maximum absolute atomic E-state index is 10.4. The normalized spacial score (nSPS) is 8.90. The fraction of sp³-hybridized carbons (Fsp3) is 0.667. The molecular formula is C6H11N2O2. The maximum atomic E-state index is 10.4. The molecule has 0 aromatic heterocycles. The SMILES string of the molecule is CCCC[N]C(=O)C(N)=O. The average Bonchev–Trinajstić information content (AvgIpc) is 1.88. The van der Waals surface area contributed by atoms with Crippen molar-refractivity contribution in [3.8, 4) is 0 Å². The molecule has 0 atom stereocenters. The number of unbranched alkanes of at least 4 members (excludes halogenated alkanes) is 1. The molecule has 0 aromatic rings. The van der Waals surface area contributed by atoms with E-state index in [4.69, 9.17) is 0 Å². The van der Waals surface area contributed by atoms with Crippen molar-refractivity contribution in [2.75, 3.05) is 6.54 Å². The van der Waals surface area contributed by atoms with Crippen LogP contribution in [0.1, 0.15) is 19.8 Å². The summed E-state index contributed by atoms with van der Waals surface area (Å²) in [6.45, 7) is 2.38. The highest BCUT2D eigenvalue weighted by Crippen LogP contribution is 1.82. The Balaban J connectivity index is 3.31. The molecule has 2 N–H and O–H groups in total. The zero-order valence-corrected chi connectivity index (χ0v) is 5.96. The van der Waals surface area contributed by atoms with Crippen molar-refractivity contribution < 1.29 is 9.59 Å². The Kier molecular flexibility index (Phi) is 4.28. The Labute approximate surface area is 59.8 Å². The zero-order chi connectivity index (χ0) is 7.98. The van der Waals surface area contributed by atoms with Crippen LogP contribution < -0.4 is 11.1 Å². The van der Waals surface area contributed by atoms with Crippen LogP contribution in [0.25, 0.3) is 0 Å². The first-order chi connectivity index (χ1) is 4.68. The van der Waals surface area contributed by atoms with Gasteiger partial charge in [-0.05, 0) is 6.42 Å². The predicted molar refractivity (Wildman–Crippen MR) is 36.1 cm³/mol. The van der Waals surface area contributed by atoms with E-state index in [1.54, 1.807) is 0 Å². The Morgan fingerprint density at radius 1 is 1.50 bits per heavy atom. The standard InChI is InChI=1S/C6H11N2O2/c1-2-3-4-8-6(10)5(7)9/h2-4H2,1H3,(H2,7,9).